The quantitative estimate of drug-likeness (QED) is 0.752. The molecule has 2 amide bonds. The Kier molecular flexibility index (Phi) is 6.59. The van der Waals surface area contributed by atoms with Crippen molar-refractivity contribution in [3.63, 3.8) is 0 Å². The second-order valence-corrected chi connectivity index (χ2v) is 8.51. The number of benzene rings is 1. The topological polar surface area (TPSA) is 53.1 Å². The van der Waals surface area contributed by atoms with Crippen molar-refractivity contribution in [1.29, 1.82) is 0 Å². The maximum absolute atomic E-state index is 12.6. The lowest BCUT2D eigenvalue weighted by Crippen LogP contribution is -2.54. The van der Waals surface area contributed by atoms with Crippen LogP contribution in [0.3, 0.4) is 0 Å². The Morgan fingerprint density at radius 2 is 1.76 bits per heavy atom. The van der Waals surface area contributed by atoms with Crippen LogP contribution < -0.4 is 0 Å². The minimum Gasteiger partial charge on any atom is -0.373 e. The fraction of sp³-hybridized carbons (Fsp3) is 0.455. The molecule has 0 bridgehead atoms. The molecule has 0 radical (unpaired) electrons. The molecule has 0 saturated carbocycles. The molecule has 1 aromatic carbocycles. The molecule has 2 aliphatic heterocycles. The summed E-state index contributed by atoms with van der Waals surface area (Å²) >= 11 is 1.49. The first kappa shape index (κ1) is 20.1. The molecule has 2 aromatic rings. The first-order valence-corrected chi connectivity index (χ1v) is 11.1. The van der Waals surface area contributed by atoms with Crippen LogP contribution in [-0.2, 0) is 16.0 Å². The van der Waals surface area contributed by atoms with Gasteiger partial charge in [0.15, 0.2) is 0 Å². The molecule has 2 aliphatic rings. The Hall–Kier alpha value is -2.22. The van der Waals surface area contributed by atoms with E-state index in [1.807, 2.05) is 57.6 Å². The summed E-state index contributed by atoms with van der Waals surface area (Å²) in [6.07, 6.45) is 0.492. The van der Waals surface area contributed by atoms with Crippen molar-refractivity contribution in [2.75, 3.05) is 52.4 Å². The highest BCUT2D eigenvalue weighted by atomic mass is 32.1. The van der Waals surface area contributed by atoms with Crippen molar-refractivity contribution >= 4 is 23.2 Å². The molecular weight excluding hydrogens is 386 g/mol. The van der Waals surface area contributed by atoms with Gasteiger partial charge in [0.2, 0.25) is 5.91 Å². The van der Waals surface area contributed by atoms with Crippen LogP contribution in [0.4, 0.5) is 0 Å². The number of nitrogens with zero attached hydrogens (tertiary/aromatic N) is 3. The number of thiophene rings is 1. The zero-order valence-electron chi connectivity index (χ0n) is 16.5. The number of morpholine rings is 1. The van der Waals surface area contributed by atoms with E-state index in [2.05, 4.69) is 4.90 Å². The van der Waals surface area contributed by atoms with E-state index in [9.17, 15) is 9.59 Å². The summed E-state index contributed by atoms with van der Waals surface area (Å²) in [6, 6.07) is 13.7. The van der Waals surface area contributed by atoms with Crippen molar-refractivity contribution in [2.45, 2.75) is 12.5 Å². The van der Waals surface area contributed by atoms with E-state index < -0.39 is 0 Å². The third-order valence-corrected chi connectivity index (χ3v) is 6.40. The number of hydrogen-bond donors (Lipinski definition) is 0. The maximum Gasteiger partial charge on any atom is 0.264 e. The van der Waals surface area contributed by atoms with Crippen LogP contribution >= 0.6 is 11.3 Å². The van der Waals surface area contributed by atoms with E-state index >= 15 is 0 Å². The molecule has 6 nitrogen and oxygen atoms in total. The highest BCUT2D eigenvalue weighted by molar-refractivity contribution is 7.12. The fourth-order valence-electron chi connectivity index (χ4n) is 3.92. The van der Waals surface area contributed by atoms with Crippen molar-refractivity contribution in [1.82, 2.24) is 14.7 Å². The van der Waals surface area contributed by atoms with Crippen molar-refractivity contribution < 1.29 is 14.3 Å². The lowest BCUT2D eigenvalue weighted by Gasteiger charge is -2.39. The molecule has 7 heteroatoms. The predicted molar refractivity (Wildman–Crippen MR) is 113 cm³/mol. The molecule has 3 heterocycles. The molecule has 0 spiro atoms. The average molecular weight is 414 g/mol. The van der Waals surface area contributed by atoms with Gasteiger partial charge in [-0.15, -0.1) is 11.3 Å². The third-order valence-electron chi connectivity index (χ3n) is 5.54. The highest BCUT2D eigenvalue weighted by Crippen LogP contribution is 2.16. The lowest BCUT2D eigenvalue weighted by atomic mass is 10.1. The fourth-order valence-corrected chi connectivity index (χ4v) is 4.61. The predicted octanol–water partition coefficient (Wildman–Crippen LogP) is 1.98. The third kappa shape index (κ3) is 5.23. The Morgan fingerprint density at radius 3 is 2.48 bits per heavy atom. The van der Waals surface area contributed by atoms with Crippen molar-refractivity contribution in [2.24, 2.45) is 0 Å². The number of hydrogen-bond acceptors (Lipinski definition) is 5. The van der Waals surface area contributed by atoms with Crippen LogP contribution in [-0.4, -0.2) is 85.0 Å². The van der Waals surface area contributed by atoms with E-state index in [1.54, 1.807) is 0 Å². The monoisotopic (exact) mass is 413 g/mol. The van der Waals surface area contributed by atoms with E-state index in [1.165, 1.54) is 11.3 Å². The molecule has 2 fully saturated rings. The van der Waals surface area contributed by atoms with E-state index in [4.69, 9.17) is 4.74 Å². The highest BCUT2D eigenvalue weighted by Gasteiger charge is 2.28. The van der Waals surface area contributed by atoms with E-state index in [-0.39, 0.29) is 17.9 Å². The summed E-state index contributed by atoms with van der Waals surface area (Å²) in [5.41, 5.74) is 1.06. The SMILES string of the molecule is O=C(Cc1ccccc1)N1CCN(CC2CN(C(=O)c3cccs3)CCO2)CC1. The number of ether oxygens (including phenoxy) is 1. The Morgan fingerprint density at radius 1 is 0.966 bits per heavy atom. The van der Waals surface area contributed by atoms with Crippen molar-refractivity contribution in [3.05, 3.63) is 58.3 Å². The Labute approximate surface area is 175 Å². The standard InChI is InChI=1S/C22H27N3O3S/c26-21(15-18-5-2-1-3-6-18)24-10-8-23(9-11-24)16-19-17-25(12-13-28-19)22(27)20-7-4-14-29-20/h1-7,14,19H,8-13,15-17H2. The molecule has 1 atom stereocenters. The second-order valence-electron chi connectivity index (χ2n) is 7.57. The summed E-state index contributed by atoms with van der Waals surface area (Å²) in [6.45, 7) is 5.84. The normalized spacial score (nSPS) is 20.6. The summed E-state index contributed by atoms with van der Waals surface area (Å²) in [5.74, 6) is 0.294. The smallest absolute Gasteiger partial charge is 0.264 e. The van der Waals surface area contributed by atoms with Gasteiger partial charge >= 0.3 is 0 Å². The van der Waals surface area contributed by atoms with Crippen LogP contribution in [0.15, 0.2) is 47.8 Å². The van der Waals surface area contributed by atoms with Crippen molar-refractivity contribution in [3.8, 4) is 0 Å². The van der Waals surface area contributed by atoms with Gasteiger partial charge in [0.1, 0.15) is 0 Å². The van der Waals surface area contributed by atoms with Crippen LogP contribution in [0.25, 0.3) is 0 Å². The number of piperazine rings is 1. The lowest BCUT2D eigenvalue weighted by molar-refractivity contribution is -0.132. The van der Waals surface area contributed by atoms with E-state index in [0.717, 1.165) is 43.2 Å². The number of carbonyl (C=O) groups excluding carboxylic acids is 2. The van der Waals surface area contributed by atoms with Gasteiger partial charge in [-0.3, -0.25) is 14.5 Å². The first-order valence-electron chi connectivity index (χ1n) is 10.2. The van der Waals surface area contributed by atoms with Gasteiger partial charge in [0.25, 0.3) is 5.91 Å². The summed E-state index contributed by atoms with van der Waals surface area (Å²) in [5, 5.41) is 1.93. The van der Waals surface area contributed by atoms with Gasteiger partial charge in [-0.2, -0.15) is 0 Å². The van der Waals surface area contributed by atoms with Crippen LogP contribution in [0.1, 0.15) is 15.2 Å². The number of rotatable bonds is 5. The average Bonchev–Trinajstić information content (AvgIpc) is 3.29. The molecule has 1 aromatic heterocycles. The molecule has 154 valence electrons. The second kappa shape index (κ2) is 9.52. The van der Waals surface area contributed by atoms with Gasteiger partial charge < -0.3 is 14.5 Å². The number of carbonyl (C=O) groups is 2. The Balaban J connectivity index is 1.23. The zero-order valence-corrected chi connectivity index (χ0v) is 17.4. The summed E-state index contributed by atoms with van der Waals surface area (Å²) in [7, 11) is 0. The van der Waals surface area contributed by atoms with Crippen LogP contribution in [0.2, 0.25) is 0 Å². The summed E-state index contributed by atoms with van der Waals surface area (Å²) < 4.78 is 5.92. The van der Waals surface area contributed by atoms with E-state index in [0.29, 0.717) is 26.1 Å². The minimum absolute atomic E-state index is 0.0271. The van der Waals surface area contributed by atoms with Gasteiger partial charge in [0.05, 0.1) is 24.0 Å². The zero-order chi connectivity index (χ0) is 20.1. The molecule has 1 unspecified atom stereocenters. The van der Waals surface area contributed by atoms with Gasteiger partial charge in [-0.25, -0.2) is 0 Å². The number of amides is 2. The first-order chi connectivity index (χ1) is 14.2. The largest absolute Gasteiger partial charge is 0.373 e. The molecule has 29 heavy (non-hydrogen) atoms. The molecule has 0 N–H and O–H groups in total. The van der Waals surface area contributed by atoms with Crippen LogP contribution in [0.5, 0.6) is 0 Å². The minimum atomic E-state index is 0.0271. The summed E-state index contributed by atoms with van der Waals surface area (Å²) in [4.78, 5) is 32.1. The Bertz CT molecular complexity index is 804. The molecule has 2 saturated heterocycles. The molecule has 4 rings (SSSR count). The van der Waals surface area contributed by atoms with Gasteiger partial charge in [0, 0.05) is 45.8 Å². The van der Waals surface area contributed by atoms with Gasteiger partial charge in [-0.1, -0.05) is 36.4 Å². The maximum atomic E-state index is 12.6. The molecular formula is C22H27N3O3S. The van der Waals surface area contributed by atoms with Gasteiger partial charge in [-0.05, 0) is 17.0 Å². The molecule has 0 aliphatic carbocycles. The van der Waals surface area contributed by atoms with Crippen LogP contribution in [0, 0.1) is 0 Å².